The normalized spacial score (nSPS) is 19.6. The van der Waals surface area contributed by atoms with E-state index in [1.54, 1.807) is 48.5 Å². The van der Waals surface area contributed by atoms with Crippen LogP contribution in [0.4, 0.5) is 5.69 Å². The molecule has 1 N–H and O–H groups in total. The van der Waals surface area contributed by atoms with E-state index in [1.807, 2.05) is 0 Å². The summed E-state index contributed by atoms with van der Waals surface area (Å²) >= 11 is 5.84. The first-order chi connectivity index (χ1) is 12.5. The summed E-state index contributed by atoms with van der Waals surface area (Å²) in [6.45, 7) is 0. The second kappa shape index (κ2) is 8.23. The van der Waals surface area contributed by atoms with Gasteiger partial charge >= 0.3 is 0 Å². The predicted molar refractivity (Wildman–Crippen MR) is 97.1 cm³/mol. The third-order valence-corrected chi connectivity index (χ3v) is 4.83. The van der Waals surface area contributed by atoms with Gasteiger partial charge in [0.15, 0.2) is 0 Å². The molecule has 0 bridgehead atoms. The first kappa shape index (κ1) is 18.3. The molecule has 2 atom stereocenters. The number of ether oxygens (including phenoxy) is 1. The lowest BCUT2D eigenvalue weighted by Crippen LogP contribution is -2.42. The van der Waals surface area contributed by atoms with Crippen LogP contribution in [0, 0.1) is 11.8 Å². The number of carbonyl (C=O) groups is 2. The molecule has 6 heteroatoms. The number of nitrogens with one attached hydrogen (secondary N) is 1. The summed E-state index contributed by atoms with van der Waals surface area (Å²) in [6, 6.07) is 13.9. The summed E-state index contributed by atoms with van der Waals surface area (Å²) in [5.74, 6) is -1.39. The molecule has 1 aliphatic carbocycles. The number of benzene rings is 2. The highest BCUT2D eigenvalue weighted by atomic mass is 35.5. The van der Waals surface area contributed by atoms with Gasteiger partial charge in [0.05, 0.1) is 0 Å². The Morgan fingerprint density at radius 3 is 2.04 bits per heavy atom. The molecular formula is C20H19ClNO4-. The van der Waals surface area contributed by atoms with Gasteiger partial charge in [-0.05, 0) is 61.4 Å². The van der Waals surface area contributed by atoms with Crippen LogP contribution in [0.5, 0.6) is 11.5 Å². The van der Waals surface area contributed by atoms with Crippen LogP contribution in [0.25, 0.3) is 0 Å². The molecule has 5 nitrogen and oxygen atoms in total. The van der Waals surface area contributed by atoms with Crippen LogP contribution in [0.15, 0.2) is 48.5 Å². The average molecular weight is 373 g/mol. The maximum Gasteiger partial charge on any atom is 0.228 e. The Hall–Kier alpha value is -2.53. The Morgan fingerprint density at radius 1 is 0.923 bits per heavy atom. The lowest BCUT2D eigenvalue weighted by molar-refractivity contribution is -0.313. The van der Waals surface area contributed by atoms with Gasteiger partial charge in [-0.3, -0.25) is 4.79 Å². The summed E-state index contributed by atoms with van der Waals surface area (Å²) < 4.78 is 5.70. The molecule has 1 aliphatic rings. The fraction of sp³-hybridized carbons (Fsp3) is 0.300. The van der Waals surface area contributed by atoms with Crippen LogP contribution in [0.1, 0.15) is 25.7 Å². The molecule has 136 valence electrons. The molecule has 2 aromatic carbocycles. The Morgan fingerprint density at radius 2 is 1.46 bits per heavy atom. The van der Waals surface area contributed by atoms with Gasteiger partial charge in [-0.15, -0.1) is 0 Å². The van der Waals surface area contributed by atoms with Crippen molar-refractivity contribution < 1.29 is 19.4 Å². The fourth-order valence-electron chi connectivity index (χ4n) is 3.21. The SMILES string of the molecule is O=C(Nc1ccc(Oc2ccc(Cl)cc2)cc1)[C@H]1CCCC[C@H]1C(=O)[O-]. The molecule has 0 aromatic heterocycles. The van der Waals surface area contributed by atoms with Crippen LogP contribution in [0.2, 0.25) is 5.02 Å². The van der Waals surface area contributed by atoms with Gasteiger partial charge in [-0.1, -0.05) is 24.4 Å². The topological polar surface area (TPSA) is 78.5 Å². The van der Waals surface area contributed by atoms with Crippen molar-refractivity contribution in [2.24, 2.45) is 11.8 Å². The quantitative estimate of drug-likeness (QED) is 0.869. The van der Waals surface area contributed by atoms with Gasteiger partial charge in [0.25, 0.3) is 0 Å². The highest BCUT2D eigenvalue weighted by Crippen LogP contribution is 2.31. The Labute approximate surface area is 156 Å². The van der Waals surface area contributed by atoms with Gasteiger partial charge in [-0.25, -0.2) is 0 Å². The number of anilines is 1. The highest BCUT2D eigenvalue weighted by Gasteiger charge is 2.31. The minimum absolute atomic E-state index is 0.273. The molecule has 0 radical (unpaired) electrons. The van der Waals surface area contributed by atoms with E-state index in [1.165, 1.54) is 0 Å². The number of aliphatic carboxylic acids is 1. The fourth-order valence-corrected chi connectivity index (χ4v) is 3.33. The van der Waals surface area contributed by atoms with Crippen LogP contribution in [-0.2, 0) is 9.59 Å². The summed E-state index contributed by atoms with van der Waals surface area (Å²) in [4.78, 5) is 23.7. The Balaban J connectivity index is 1.62. The second-order valence-corrected chi connectivity index (χ2v) is 6.82. The smallest absolute Gasteiger partial charge is 0.228 e. The van der Waals surface area contributed by atoms with E-state index in [0.29, 0.717) is 35.1 Å². The zero-order valence-corrected chi connectivity index (χ0v) is 14.9. The van der Waals surface area contributed by atoms with E-state index in [0.717, 1.165) is 12.8 Å². The van der Waals surface area contributed by atoms with Gasteiger partial charge in [0, 0.05) is 28.5 Å². The first-order valence-electron chi connectivity index (χ1n) is 8.58. The van der Waals surface area contributed by atoms with Crippen molar-refractivity contribution in [2.45, 2.75) is 25.7 Å². The van der Waals surface area contributed by atoms with Crippen molar-refractivity contribution >= 4 is 29.2 Å². The standard InChI is InChI=1S/C20H20ClNO4/c21-13-5-9-15(10-6-13)26-16-11-7-14(8-12-16)22-19(23)17-3-1-2-4-18(17)20(24)25/h5-12,17-18H,1-4H2,(H,22,23)(H,24,25)/p-1/t17-,18+/m0/s1. The average Bonchev–Trinajstić information content (AvgIpc) is 2.65. The van der Waals surface area contributed by atoms with Crippen LogP contribution in [0.3, 0.4) is 0 Å². The number of rotatable bonds is 5. The Kier molecular flexibility index (Phi) is 5.78. The maximum atomic E-state index is 12.4. The molecule has 1 amide bonds. The number of carbonyl (C=O) groups excluding carboxylic acids is 2. The number of hydrogen-bond acceptors (Lipinski definition) is 4. The number of halogens is 1. The number of hydrogen-bond donors (Lipinski definition) is 1. The number of carboxylic acid groups (broad SMARTS) is 1. The molecule has 0 spiro atoms. The van der Waals surface area contributed by atoms with Crippen molar-refractivity contribution in [3.8, 4) is 11.5 Å². The molecule has 0 heterocycles. The van der Waals surface area contributed by atoms with E-state index in [9.17, 15) is 14.7 Å². The van der Waals surface area contributed by atoms with Gasteiger partial charge in [0.1, 0.15) is 11.5 Å². The zero-order valence-electron chi connectivity index (χ0n) is 14.1. The van der Waals surface area contributed by atoms with Crippen molar-refractivity contribution in [3.63, 3.8) is 0 Å². The van der Waals surface area contributed by atoms with E-state index in [2.05, 4.69) is 5.32 Å². The lowest BCUT2D eigenvalue weighted by atomic mass is 9.78. The molecule has 0 saturated heterocycles. The van der Waals surface area contributed by atoms with E-state index < -0.39 is 17.8 Å². The van der Waals surface area contributed by atoms with Crippen molar-refractivity contribution in [3.05, 3.63) is 53.6 Å². The largest absolute Gasteiger partial charge is 0.550 e. The maximum absolute atomic E-state index is 12.4. The monoisotopic (exact) mass is 372 g/mol. The van der Waals surface area contributed by atoms with Crippen molar-refractivity contribution in [1.82, 2.24) is 0 Å². The van der Waals surface area contributed by atoms with Gasteiger partial charge < -0.3 is 20.0 Å². The molecular weight excluding hydrogens is 354 g/mol. The van der Waals surface area contributed by atoms with Crippen LogP contribution in [-0.4, -0.2) is 11.9 Å². The van der Waals surface area contributed by atoms with E-state index in [4.69, 9.17) is 16.3 Å². The van der Waals surface area contributed by atoms with Gasteiger partial charge in [-0.2, -0.15) is 0 Å². The van der Waals surface area contributed by atoms with E-state index >= 15 is 0 Å². The van der Waals surface area contributed by atoms with Crippen LogP contribution < -0.4 is 15.2 Å². The summed E-state index contributed by atoms with van der Waals surface area (Å²) in [7, 11) is 0. The molecule has 1 fully saturated rings. The second-order valence-electron chi connectivity index (χ2n) is 6.39. The Bertz CT molecular complexity index is 773. The zero-order chi connectivity index (χ0) is 18.5. The van der Waals surface area contributed by atoms with Crippen molar-refractivity contribution in [2.75, 3.05) is 5.32 Å². The van der Waals surface area contributed by atoms with Crippen molar-refractivity contribution in [1.29, 1.82) is 0 Å². The summed E-state index contributed by atoms with van der Waals surface area (Å²) in [5.41, 5.74) is 0.598. The molecule has 2 aromatic rings. The minimum Gasteiger partial charge on any atom is -0.550 e. The minimum atomic E-state index is -1.14. The molecule has 3 rings (SSSR count). The summed E-state index contributed by atoms with van der Waals surface area (Å²) in [6.07, 6.45) is 2.74. The molecule has 1 saturated carbocycles. The molecule has 0 aliphatic heterocycles. The predicted octanol–water partition coefficient (Wildman–Crippen LogP) is 3.63. The van der Waals surface area contributed by atoms with Crippen LogP contribution >= 0.6 is 11.6 Å². The third-order valence-electron chi connectivity index (χ3n) is 4.58. The summed E-state index contributed by atoms with van der Waals surface area (Å²) in [5, 5.41) is 14.7. The molecule has 26 heavy (non-hydrogen) atoms. The third kappa shape index (κ3) is 4.55. The van der Waals surface area contributed by atoms with Gasteiger partial charge in [0.2, 0.25) is 5.91 Å². The number of amides is 1. The lowest BCUT2D eigenvalue weighted by Gasteiger charge is -2.31. The molecule has 0 unspecified atom stereocenters. The highest BCUT2D eigenvalue weighted by molar-refractivity contribution is 6.30. The number of carboxylic acids is 1. The van der Waals surface area contributed by atoms with E-state index in [-0.39, 0.29) is 5.91 Å². The first-order valence-corrected chi connectivity index (χ1v) is 8.96.